The quantitative estimate of drug-likeness (QED) is 0.909. The average Bonchev–Trinajstić information content (AvgIpc) is 3.11. The first-order valence-corrected chi connectivity index (χ1v) is 8.06. The van der Waals surface area contributed by atoms with E-state index in [1.807, 2.05) is 38.1 Å². The molecule has 0 aliphatic carbocycles. The molecule has 1 aliphatic rings. The first-order valence-electron chi connectivity index (χ1n) is 7.24. The zero-order valence-electron chi connectivity index (χ0n) is 12.5. The molecule has 3 rings (SSSR count). The van der Waals surface area contributed by atoms with Crippen molar-refractivity contribution in [3.8, 4) is 5.75 Å². The summed E-state index contributed by atoms with van der Waals surface area (Å²) in [7, 11) is 0. The molecule has 6 nitrogen and oxygen atoms in total. The van der Waals surface area contributed by atoms with Gasteiger partial charge in [-0.3, -0.25) is 5.32 Å². The Labute approximate surface area is 132 Å². The number of fused-ring (bicyclic) bond motifs is 1. The number of carbonyl (C=O) groups excluding carboxylic acids is 1. The fraction of sp³-hybridized carbons (Fsp3) is 0.400. The number of anilines is 1. The highest BCUT2D eigenvalue weighted by molar-refractivity contribution is 7.15. The van der Waals surface area contributed by atoms with Crippen molar-refractivity contribution in [2.75, 3.05) is 11.9 Å². The second-order valence-electron chi connectivity index (χ2n) is 5.49. The molecule has 2 heterocycles. The number of urea groups is 1. The summed E-state index contributed by atoms with van der Waals surface area (Å²) in [5, 5.41) is 14.9. The highest BCUT2D eigenvalue weighted by atomic mass is 32.1. The molecule has 2 N–H and O–H groups in total. The van der Waals surface area contributed by atoms with Crippen LogP contribution in [0.3, 0.4) is 0 Å². The van der Waals surface area contributed by atoms with Crippen molar-refractivity contribution >= 4 is 22.5 Å². The predicted octanol–water partition coefficient (Wildman–Crippen LogP) is 2.79. The molecule has 0 saturated heterocycles. The molecule has 7 heteroatoms. The molecule has 2 amide bonds. The van der Waals surface area contributed by atoms with E-state index < -0.39 is 0 Å². The third-order valence-corrected chi connectivity index (χ3v) is 4.50. The van der Waals surface area contributed by atoms with Crippen LogP contribution in [0, 0.1) is 0 Å². The van der Waals surface area contributed by atoms with Crippen molar-refractivity contribution in [3.63, 3.8) is 0 Å². The van der Waals surface area contributed by atoms with Crippen molar-refractivity contribution in [2.45, 2.75) is 32.3 Å². The molecule has 0 unspecified atom stereocenters. The first kappa shape index (κ1) is 14.8. The van der Waals surface area contributed by atoms with Gasteiger partial charge in [0, 0.05) is 12.3 Å². The van der Waals surface area contributed by atoms with Crippen LogP contribution in [0.1, 0.15) is 30.3 Å². The van der Waals surface area contributed by atoms with Gasteiger partial charge in [0.2, 0.25) is 5.13 Å². The number of para-hydroxylation sites is 1. The lowest BCUT2D eigenvalue weighted by atomic mass is 10.1. The third kappa shape index (κ3) is 3.36. The molecule has 0 bridgehead atoms. The van der Waals surface area contributed by atoms with Crippen LogP contribution in [-0.4, -0.2) is 28.9 Å². The SMILES string of the molecule is CC(C)c1nnc(NC(=O)NC[C@H]2Cc3ccccc3O2)s1. The lowest BCUT2D eigenvalue weighted by Gasteiger charge is -2.11. The number of nitrogens with zero attached hydrogens (tertiary/aromatic N) is 2. The van der Waals surface area contributed by atoms with Crippen molar-refractivity contribution in [1.29, 1.82) is 0 Å². The summed E-state index contributed by atoms with van der Waals surface area (Å²) in [4.78, 5) is 11.9. The van der Waals surface area contributed by atoms with E-state index in [0.29, 0.717) is 17.6 Å². The number of aromatic nitrogens is 2. The molecule has 116 valence electrons. The van der Waals surface area contributed by atoms with E-state index in [1.54, 1.807) is 0 Å². The molecule has 1 aliphatic heterocycles. The minimum Gasteiger partial charge on any atom is -0.488 e. The summed E-state index contributed by atoms with van der Waals surface area (Å²) in [6.07, 6.45) is 0.788. The standard InChI is InChI=1S/C15H18N4O2S/c1-9(2)13-18-19-15(22-13)17-14(20)16-8-11-7-10-5-3-4-6-12(10)21-11/h3-6,9,11H,7-8H2,1-2H3,(H2,16,17,19,20)/t11-/m1/s1. The van der Waals surface area contributed by atoms with Crippen LogP contribution < -0.4 is 15.4 Å². The van der Waals surface area contributed by atoms with Crippen LogP contribution in [0.4, 0.5) is 9.93 Å². The molecule has 22 heavy (non-hydrogen) atoms. The third-order valence-electron chi connectivity index (χ3n) is 3.36. The molecule has 0 saturated carbocycles. The molecule has 1 aromatic heterocycles. The molecule has 1 aromatic carbocycles. The van der Waals surface area contributed by atoms with E-state index >= 15 is 0 Å². The van der Waals surface area contributed by atoms with Gasteiger partial charge in [0.1, 0.15) is 16.9 Å². The van der Waals surface area contributed by atoms with Crippen molar-refractivity contribution in [3.05, 3.63) is 34.8 Å². The number of benzene rings is 1. The van der Waals surface area contributed by atoms with Crippen LogP contribution in [0.5, 0.6) is 5.75 Å². The van der Waals surface area contributed by atoms with Gasteiger partial charge in [0.05, 0.1) is 6.54 Å². The van der Waals surface area contributed by atoms with E-state index in [2.05, 4.69) is 20.8 Å². The second-order valence-corrected chi connectivity index (χ2v) is 6.50. The molecule has 1 atom stereocenters. The van der Waals surface area contributed by atoms with Gasteiger partial charge >= 0.3 is 6.03 Å². The van der Waals surface area contributed by atoms with Gasteiger partial charge in [-0.1, -0.05) is 43.4 Å². The molecule has 0 fully saturated rings. The van der Waals surface area contributed by atoms with Crippen molar-refractivity contribution in [1.82, 2.24) is 15.5 Å². The number of ether oxygens (including phenoxy) is 1. The van der Waals surface area contributed by atoms with E-state index in [9.17, 15) is 4.79 Å². The maximum Gasteiger partial charge on any atom is 0.321 e. The van der Waals surface area contributed by atoms with E-state index in [4.69, 9.17) is 4.74 Å². The fourth-order valence-electron chi connectivity index (χ4n) is 2.23. The Hall–Kier alpha value is -2.15. The number of hydrogen-bond donors (Lipinski definition) is 2. The summed E-state index contributed by atoms with van der Waals surface area (Å²) in [5.41, 5.74) is 1.18. The molecule has 0 radical (unpaired) electrons. The van der Waals surface area contributed by atoms with Gasteiger partial charge in [-0.25, -0.2) is 4.79 Å². The Morgan fingerprint density at radius 2 is 2.23 bits per heavy atom. The van der Waals surface area contributed by atoms with E-state index in [0.717, 1.165) is 17.2 Å². The Morgan fingerprint density at radius 1 is 1.41 bits per heavy atom. The van der Waals surface area contributed by atoms with Gasteiger partial charge in [-0.05, 0) is 11.6 Å². The van der Waals surface area contributed by atoms with E-state index in [1.165, 1.54) is 16.9 Å². The molecular formula is C15H18N4O2S. The van der Waals surface area contributed by atoms with Crippen LogP contribution in [0.2, 0.25) is 0 Å². The Bertz CT molecular complexity index is 646. The number of nitrogens with one attached hydrogen (secondary N) is 2. The number of amides is 2. The maximum atomic E-state index is 11.9. The van der Waals surface area contributed by atoms with Crippen LogP contribution in [0.25, 0.3) is 0 Å². The smallest absolute Gasteiger partial charge is 0.321 e. The topological polar surface area (TPSA) is 76.1 Å². The van der Waals surface area contributed by atoms with Crippen LogP contribution in [0.15, 0.2) is 24.3 Å². The molecular weight excluding hydrogens is 300 g/mol. The zero-order chi connectivity index (χ0) is 15.5. The Morgan fingerprint density at radius 3 is 2.95 bits per heavy atom. The summed E-state index contributed by atoms with van der Waals surface area (Å²) in [5.74, 6) is 1.21. The summed E-state index contributed by atoms with van der Waals surface area (Å²) >= 11 is 1.39. The van der Waals surface area contributed by atoms with Crippen LogP contribution >= 0.6 is 11.3 Å². The lowest BCUT2D eigenvalue weighted by molar-refractivity contribution is 0.219. The minimum atomic E-state index is -0.286. The highest BCUT2D eigenvalue weighted by Crippen LogP contribution is 2.27. The second kappa shape index (κ2) is 6.31. The van der Waals surface area contributed by atoms with Crippen molar-refractivity contribution in [2.24, 2.45) is 0 Å². The van der Waals surface area contributed by atoms with Gasteiger partial charge in [0.15, 0.2) is 0 Å². The normalized spacial score (nSPS) is 16.2. The zero-order valence-corrected chi connectivity index (χ0v) is 13.3. The summed E-state index contributed by atoms with van der Waals surface area (Å²) < 4.78 is 5.78. The Kier molecular flexibility index (Phi) is 4.24. The van der Waals surface area contributed by atoms with Gasteiger partial charge in [-0.15, -0.1) is 10.2 Å². The monoisotopic (exact) mass is 318 g/mol. The number of hydrogen-bond acceptors (Lipinski definition) is 5. The van der Waals surface area contributed by atoms with Crippen molar-refractivity contribution < 1.29 is 9.53 Å². The predicted molar refractivity (Wildman–Crippen MR) is 85.6 cm³/mol. The molecule has 2 aromatic rings. The maximum absolute atomic E-state index is 11.9. The lowest BCUT2D eigenvalue weighted by Crippen LogP contribution is -2.37. The Balaban J connectivity index is 1.47. The number of rotatable bonds is 4. The summed E-state index contributed by atoms with van der Waals surface area (Å²) in [6, 6.07) is 7.65. The fourth-order valence-corrected chi connectivity index (χ4v) is 2.97. The van der Waals surface area contributed by atoms with Crippen LogP contribution in [-0.2, 0) is 6.42 Å². The van der Waals surface area contributed by atoms with E-state index in [-0.39, 0.29) is 12.1 Å². The minimum absolute atomic E-state index is 0.0243. The number of carbonyl (C=O) groups is 1. The molecule has 0 spiro atoms. The van der Waals surface area contributed by atoms with Gasteiger partial charge in [-0.2, -0.15) is 0 Å². The van der Waals surface area contributed by atoms with Gasteiger partial charge in [0.25, 0.3) is 0 Å². The average molecular weight is 318 g/mol. The van der Waals surface area contributed by atoms with Gasteiger partial charge < -0.3 is 10.1 Å². The summed E-state index contributed by atoms with van der Waals surface area (Å²) in [6.45, 7) is 4.54. The first-order chi connectivity index (χ1) is 10.6. The largest absolute Gasteiger partial charge is 0.488 e. The highest BCUT2D eigenvalue weighted by Gasteiger charge is 2.22.